The van der Waals surface area contributed by atoms with E-state index in [0.717, 1.165) is 36.9 Å². The molecule has 2 aliphatic heterocycles. The van der Waals surface area contributed by atoms with Crippen LogP contribution >= 0.6 is 11.3 Å². The molecule has 6 heteroatoms. The predicted molar refractivity (Wildman–Crippen MR) is 92.2 cm³/mol. The fourth-order valence-corrected chi connectivity index (χ4v) is 6.05. The molecule has 0 N–H and O–H groups in total. The molecule has 3 heterocycles. The van der Waals surface area contributed by atoms with Gasteiger partial charge in [-0.05, 0) is 38.5 Å². The topological polar surface area (TPSA) is 45.7 Å². The minimum Gasteiger partial charge on any atom is -0.450 e. The van der Waals surface area contributed by atoms with Gasteiger partial charge >= 0.3 is 6.09 Å². The average Bonchev–Trinajstić information content (AvgIpc) is 2.83. The SMILES string of the molecule is CCOC(=O)N1CC2(CC(N3C[C@@H]4[C@H](C3)[C@@H]4c3csc(C)n3)C2)C1. The van der Waals surface area contributed by atoms with Gasteiger partial charge in [0, 0.05) is 48.9 Å². The number of fused-ring (bicyclic) bond motifs is 1. The molecule has 1 spiro atoms. The Bertz CT molecular complexity index is 649. The quantitative estimate of drug-likeness (QED) is 0.843. The van der Waals surface area contributed by atoms with Crippen molar-refractivity contribution in [1.82, 2.24) is 14.8 Å². The zero-order valence-electron chi connectivity index (χ0n) is 14.4. The van der Waals surface area contributed by atoms with Crippen LogP contribution in [-0.4, -0.2) is 59.7 Å². The van der Waals surface area contributed by atoms with Gasteiger partial charge in [0.25, 0.3) is 0 Å². The van der Waals surface area contributed by atoms with Gasteiger partial charge in [-0.3, -0.25) is 4.90 Å². The number of rotatable bonds is 3. The van der Waals surface area contributed by atoms with Crippen LogP contribution < -0.4 is 0 Å². The third-order valence-corrected chi connectivity index (χ3v) is 7.42. The fraction of sp³-hybridized carbons (Fsp3) is 0.778. The largest absolute Gasteiger partial charge is 0.450 e. The van der Waals surface area contributed by atoms with Gasteiger partial charge in [-0.2, -0.15) is 0 Å². The van der Waals surface area contributed by atoms with Crippen molar-refractivity contribution in [3.8, 4) is 0 Å². The van der Waals surface area contributed by atoms with Gasteiger partial charge in [0.15, 0.2) is 0 Å². The van der Waals surface area contributed by atoms with E-state index in [9.17, 15) is 4.79 Å². The molecule has 0 bridgehead atoms. The lowest BCUT2D eigenvalue weighted by molar-refractivity contribution is -0.0973. The summed E-state index contributed by atoms with van der Waals surface area (Å²) in [6, 6.07) is 0.750. The summed E-state index contributed by atoms with van der Waals surface area (Å²) in [5, 5.41) is 3.46. The summed E-state index contributed by atoms with van der Waals surface area (Å²) in [4.78, 5) is 21.0. The van der Waals surface area contributed by atoms with Gasteiger partial charge in [-0.1, -0.05) is 0 Å². The maximum absolute atomic E-state index is 11.7. The molecule has 5 rings (SSSR count). The van der Waals surface area contributed by atoms with E-state index in [1.165, 1.54) is 36.6 Å². The van der Waals surface area contributed by atoms with Crippen molar-refractivity contribution >= 4 is 17.4 Å². The van der Waals surface area contributed by atoms with Crippen molar-refractivity contribution in [3.05, 3.63) is 16.1 Å². The molecule has 3 atom stereocenters. The summed E-state index contributed by atoms with van der Waals surface area (Å²) in [7, 11) is 0. The first kappa shape index (κ1) is 15.1. The molecule has 1 aromatic rings. The third-order valence-electron chi connectivity index (χ3n) is 6.63. The molecule has 1 aromatic heterocycles. The highest BCUT2D eigenvalue weighted by molar-refractivity contribution is 7.09. The molecule has 0 aromatic carbocycles. The maximum Gasteiger partial charge on any atom is 0.409 e. The van der Waals surface area contributed by atoms with Crippen molar-refractivity contribution < 1.29 is 9.53 Å². The van der Waals surface area contributed by atoms with Crippen molar-refractivity contribution in [2.24, 2.45) is 17.3 Å². The molecule has 2 saturated carbocycles. The number of amides is 1. The lowest BCUT2D eigenvalue weighted by Crippen LogP contribution is -2.67. The van der Waals surface area contributed by atoms with E-state index < -0.39 is 0 Å². The zero-order chi connectivity index (χ0) is 16.5. The molecule has 5 nitrogen and oxygen atoms in total. The number of aryl methyl sites for hydroxylation is 1. The number of ether oxygens (including phenoxy) is 1. The number of hydrogen-bond acceptors (Lipinski definition) is 5. The highest BCUT2D eigenvalue weighted by atomic mass is 32.1. The Hall–Kier alpha value is -1.14. The summed E-state index contributed by atoms with van der Waals surface area (Å²) in [6.07, 6.45) is 2.40. The van der Waals surface area contributed by atoms with Gasteiger partial charge in [-0.25, -0.2) is 9.78 Å². The molecule has 2 aliphatic carbocycles. The van der Waals surface area contributed by atoms with Crippen LogP contribution in [0.3, 0.4) is 0 Å². The van der Waals surface area contributed by atoms with Crippen LogP contribution in [0.2, 0.25) is 0 Å². The number of likely N-dealkylation sites (tertiary alicyclic amines) is 2. The lowest BCUT2D eigenvalue weighted by Gasteiger charge is -2.60. The Balaban J connectivity index is 1.09. The number of thiazole rings is 1. The summed E-state index contributed by atoms with van der Waals surface area (Å²) in [5.41, 5.74) is 1.76. The van der Waals surface area contributed by atoms with E-state index in [1.807, 2.05) is 11.8 Å². The molecule has 1 amide bonds. The normalized spacial score (nSPS) is 33.9. The highest BCUT2D eigenvalue weighted by Crippen LogP contribution is 2.60. The first-order valence-electron chi connectivity index (χ1n) is 9.16. The summed E-state index contributed by atoms with van der Waals surface area (Å²) in [5.74, 6) is 2.43. The molecule has 4 aliphatic rings. The summed E-state index contributed by atoms with van der Waals surface area (Å²) >= 11 is 1.78. The highest BCUT2D eigenvalue weighted by Gasteiger charge is 2.61. The van der Waals surface area contributed by atoms with Crippen LogP contribution in [0.5, 0.6) is 0 Å². The second-order valence-corrected chi connectivity index (χ2v) is 9.28. The van der Waals surface area contributed by atoms with Crippen molar-refractivity contribution in [2.45, 2.75) is 38.6 Å². The van der Waals surface area contributed by atoms with E-state index in [2.05, 4.69) is 17.2 Å². The Labute approximate surface area is 147 Å². The summed E-state index contributed by atoms with van der Waals surface area (Å²) in [6.45, 7) is 8.77. The standard InChI is InChI=1S/C18H25N3O2S/c1-3-23-17(22)21-9-18(10-21)4-12(5-18)20-6-13-14(7-20)16(13)15-8-24-11(2)19-15/h8,12-14,16H,3-7,9-10H2,1-2H3/t13-,14+,16-. The minimum absolute atomic E-state index is 0.129. The van der Waals surface area contributed by atoms with Gasteiger partial charge in [0.05, 0.1) is 17.3 Å². The van der Waals surface area contributed by atoms with Gasteiger partial charge in [0.1, 0.15) is 0 Å². The molecule has 130 valence electrons. The van der Waals surface area contributed by atoms with Crippen LogP contribution in [0.25, 0.3) is 0 Å². The third kappa shape index (κ3) is 2.22. The lowest BCUT2D eigenvalue weighted by atomic mass is 9.60. The maximum atomic E-state index is 11.7. The van der Waals surface area contributed by atoms with E-state index >= 15 is 0 Å². The monoisotopic (exact) mass is 347 g/mol. The van der Waals surface area contributed by atoms with E-state index in [4.69, 9.17) is 9.72 Å². The minimum atomic E-state index is -0.129. The van der Waals surface area contributed by atoms with Crippen LogP contribution in [0.1, 0.15) is 36.4 Å². The van der Waals surface area contributed by atoms with E-state index in [-0.39, 0.29) is 6.09 Å². The van der Waals surface area contributed by atoms with Crippen LogP contribution in [-0.2, 0) is 4.74 Å². The van der Waals surface area contributed by atoms with Crippen LogP contribution in [0, 0.1) is 24.2 Å². The Morgan fingerprint density at radius 1 is 1.38 bits per heavy atom. The number of hydrogen-bond donors (Lipinski definition) is 0. The molecule has 0 radical (unpaired) electrons. The second kappa shape index (κ2) is 5.18. The number of nitrogens with zero attached hydrogens (tertiary/aromatic N) is 3. The molecule has 24 heavy (non-hydrogen) atoms. The Kier molecular flexibility index (Phi) is 3.27. The van der Waals surface area contributed by atoms with Gasteiger partial charge < -0.3 is 9.64 Å². The van der Waals surface area contributed by atoms with E-state index in [1.54, 1.807) is 11.3 Å². The van der Waals surface area contributed by atoms with Gasteiger partial charge in [-0.15, -0.1) is 11.3 Å². The van der Waals surface area contributed by atoms with Crippen LogP contribution in [0.15, 0.2) is 5.38 Å². The first-order valence-corrected chi connectivity index (χ1v) is 10.0. The average molecular weight is 347 g/mol. The number of carbonyl (C=O) groups excluding carboxylic acids is 1. The zero-order valence-corrected chi connectivity index (χ0v) is 15.2. The fourth-order valence-electron chi connectivity index (χ4n) is 5.39. The van der Waals surface area contributed by atoms with Crippen molar-refractivity contribution in [3.63, 3.8) is 0 Å². The Morgan fingerprint density at radius 2 is 2.08 bits per heavy atom. The number of piperidine rings is 1. The van der Waals surface area contributed by atoms with Gasteiger partial charge in [0.2, 0.25) is 0 Å². The smallest absolute Gasteiger partial charge is 0.409 e. The van der Waals surface area contributed by atoms with Crippen LogP contribution in [0.4, 0.5) is 4.79 Å². The molecule has 2 saturated heterocycles. The second-order valence-electron chi connectivity index (χ2n) is 8.22. The van der Waals surface area contributed by atoms with E-state index in [0.29, 0.717) is 12.0 Å². The van der Waals surface area contributed by atoms with Crippen molar-refractivity contribution in [1.29, 1.82) is 0 Å². The summed E-state index contributed by atoms with van der Waals surface area (Å²) < 4.78 is 5.08. The Morgan fingerprint density at radius 3 is 2.67 bits per heavy atom. The molecular weight excluding hydrogens is 322 g/mol. The molecular formula is C18H25N3O2S. The van der Waals surface area contributed by atoms with Crippen molar-refractivity contribution in [2.75, 3.05) is 32.8 Å². The number of aromatic nitrogens is 1. The molecule has 4 fully saturated rings. The predicted octanol–water partition coefficient (Wildman–Crippen LogP) is 2.72. The first-order chi connectivity index (χ1) is 11.6. The number of carbonyl (C=O) groups is 1. The molecule has 0 unspecified atom stereocenters.